The Hall–Kier alpha value is -2.10. The van der Waals surface area contributed by atoms with E-state index in [1.165, 1.54) is 17.5 Å². The molecule has 0 unspecified atom stereocenters. The highest BCUT2D eigenvalue weighted by Crippen LogP contribution is 2.32. The zero-order valence-corrected chi connectivity index (χ0v) is 12.6. The molecule has 4 heteroatoms. The van der Waals surface area contributed by atoms with Crippen LogP contribution in [0.25, 0.3) is 11.5 Å². The van der Waals surface area contributed by atoms with Gasteiger partial charge in [-0.2, -0.15) is 0 Å². The number of hydrogen-bond acceptors (Lipinski definition) is 3. The van der Waals surface area contributed by atoms with Crippen LogP contribution in [-0.2, 0) is 18.3 Å². The van der Waals surface area contributed by atoms with Crippen molar-refractivity contribution in [2.24, 2.45) is 0 Å². The fraction of sp³-hybridized carbons (Fsp3) is 0.412. The average molecular weight is 285 g/mol. The topological polar surface area (TPSA) is 63.3 Å². The molecule has 1 aromatic carbocycles. The third kappa shape index (κ3) is 2.46. The first kappa shape index (κ1) is 13.9. The molecule has 0 fully saturated rings. The number of rotatable bonds is 2. The monoisotopic (exact) mass is 285 g/mol. The van der Waals surface area contributed by atoms with Gasteiger partial charge in [-0.1, -0.05) is 26.8 Å². The van der Waals surface area contributed by atoms with Crippen molar-refractivity contribution in [2.75, 3.05) is 0 Å². The van der Waals surface area contributed by atoms with Crippen LogP contribution in [0, 0.1) is 0 Å². The lowest BCUT2D eigenvalue weighted by atomic mass is 9.91. The smallest absolute Gasteiger partial charge is 0.373 e. The fourth-order valence-corrected chi connectivity index (χ4v) is 2.80. The molecule has 0 spiro atoms. The maximum Gasteiger partial charge on any atom is 0.373 e. The summed E-state index contributed by atoms with van der Waals surface area (Å²) >= 11 is 0. The normalized spacial score (nSPS) is 14.2. The Labute approximate surface area is 123 Å². The third-order valence-corrected chi connectivity index (χ3v) is 3.88. The van der Waals surface area contributed by atoms with Crippen molar-refractivity contribution in [2.45, 2.75) is 45.4 Å². The molecule has 1 heterocycles. The van der Waals surface area contributed by atoms with E-state index >= 15 is 0 Å². The van der Waals surface area contributed by atoms with Crippen LogP contribution in [0.15, 0.2) is 22.6 Å². The van der Waals surface area contributed by atoms with Gasteiger partial charge in [-0.25, -0.2) is 9.78 Å². The first-order valence-corrected chi connectivity index (χ1v) is 7.23. The van der Waals surface area contributed by atoms with Crippen molar-refractivity contribution in [3.63, 3.8) is 0 Å². The Morgan fingerprint density at radius 1 is 1.24 bits per heavy atom. The number of carboxylic acid groups (broad SMARTS) is 1. The number of fused-ring (bicyclic) bond motifs is 1. The van der Waals surface area contributed by atoms with E-state index in [0.29, 0.717) is 11.6 Å². The summed E-state index contributed by atoms with van der Waals surface area (Å²) < 4.78 is 5.54. The Balaban J connectivity index is 2.09. The Morgan fingerprint density at radius 2 is 1.95 bits per heavy atom. The number of carboxylic acids is 1. The predicted molar refractivity (Wildman–Crippen MR) is 79.6 cm³/mol. The van der Waals surface area contributed by atoms with Gasteiger partial charge in [-0.15, -0.1) is 0 Å². The van der Waals surface area contributed by atoms with Crippen molar-refractivity contribution in [3.8, 4) is 11.5 Å². The average Bonchev–Trinajstić information content (AvgIpc) is 3.03. The van der Waals surface area contributed by atoms with Crippen molar-refractivity contribution in [1.82, 2.24) is 4.98 Å². The van der Waals surface area contributed by atoms with Crippen LogP contribution in [0.2, 0.25) is 0 Å². The van der Waals surface area contributed by atoms with Gasteiger partial charge in [0.25, 0.3) is 0 Å². The number of aryl methyl sites for hydroxylation is 2. The molecule has 1 aliphatic rings. The predicted octanol–water partition coefficient (Wildman–Crippen LogP) is 3.83. The summed E-state index contributed by atoms with van der Waals surface area (Å²) in [7, 11) is 0. The number of aromatic nitrogens is 1. The lowest BCUT2D eigenvalue weighted by Crippen LogP contribution is -2.16. The van der Waals surface area contributed by atoms with Crippen molar-refractivity contribution in [3.05, 3.63) is 40.8 Å². The number of carbonyl (C=O) groups is 1. The minimum absolute atomic E-state index is 0.0574. The van der Waals surface area contributed by atoms with Gasteiger partial charge < -0.3 is 9.52 Å². The molecule has 0 radical (unpaired) electrons. The molecule has 0 bridgehead atoms. The van der Waals surface area contributed by atoms with Gasteiger partial charge in [0.05, 0.1) is 0 Å². The van der Waals surface area contributed by atoms with E-state index < -0.39 is 5.97 Å². The molecule has 0 saturated carbocycles. The summed E-state index contributed by atoms with van der Waals surface area (Å²) in [5.74, 6) is -0.732. The summed E-state index contributed by atoms with van der Waals surface area (Å²) in [5.41, 5.74) is 3.67. The quantitative estimate of drug-likeness (QED) is 0.911. The Bertz CT molecular complexity index is 707. The third-order valence-electron chi connectivity index (χ3n) is 3.88. The minimum Gasteiger partial charge on any atom is -0.475 e. The molecule has 1 aromatic heterocycles. The highest BCUT2D eigenvalue weighted by molar-refractivity contribution is 5.86. The molecule has 0 atom stereocenters. The van der Waals surface area contributed by atoms with Gasteiger partial charge in [0.1, 0.15) is 5.69 Å². The summed E-state index contributed by atoms with van der Waals surface area (Å²) in [6, 6.07) is 6.14. The van der Waals surface area contributed by atoms with E-state index in [4.69, 9.17) is 4.42 Å². The lowest BCUT2D eigenvalue weighted by molar-refractivity contribution is 0.0659. The van der Waals surface area contributed by atoms with E-state index in [2.05, 4.69) is 17.1 Å². The highest BCUT2D eigenvalue weighted by Gasteiger charge is 2.29. The zero-order valence-electron chi connectivity index (χ0n) is 12.6. The first-order valence-electron chi connectivity index (χ1n) is 7.23. The molecule has 0 saturated heterocycles. The van der Waals surface area contributed by atoms with Gasteiger partial charge in [0.15, 0.2) is 0 Å². The molecule has 0 aliphatic heterocycles. The number of nitrogens with zero attached hydrogens (tertiary/aromatic N) is 1. The van der Waals surface area contributed by atoms with E-state index in [9.17, 15) is 9.90 Å². The molecule has 1 aliphatic carbocycles. The van der Waals surface area contributed by atoms with Crippen LogP contribution in [0.5, 0.6) is 0 Å². The second kappa shape index (κ2) is 4.72. The second-order valence-electron chi connectivity index (χ2n) is 6.59. The summed E-state index contributed by atoms with van der Waals surface area (Å²) in [6.45, 7) is 5.80. The maximum absolute atomic E-state index is 11.4. The zero-order chi connectivity index (χ0) is 15.2. The van der Waals surface area contributed by atoms with E-state index in [1.807, 2.05) is 26.8 Å². The number of hydrogen-bond donors (Lipinski definition) is 1. The standard InChI is InChI=1S/C17H19NO3/c1-17(2,3)14-13(16(19)20)21-15(18-14)12-8-7-10-5-4-6-11(10)9-12/h7-9H,4-6H2,1-3H3,(H,19,20). The van der Waals surface area contributed by atoms with Gasteiger partial charge in [0.2, 0.25) is 11.7 Å². The summed E-state index contributed by atoms with van der Waals surface area (Å²) in [5, 5.41) is 9.31. The largest absolute Gasteiger partial charge is 0.475 e. The van der Waals surface area contributed by atoms with Gasteiger partial charge in [0, 0.05) is 11.0 Å². The SMILES string of the molecule is CC(C)(C)c1nc(-c2ccc3c(c2)CCC3)oc1C(=O)O. The maximum atomic E-state index is 11.4. The summed E-state index contributed by atoms with van der Waals surface area (Å²) in [4.78, 5) is 15.8. The molecule has 0 amide bonds. The van der Waals surface area contributed by atoms with Gasteiger partial charge in [-0.3, -0.25) is 0 Å². The Kier molecular flexibility index (Phi) is 3.12. The molecule has 1 N–H and O–H groups in total. The van der Waals surface area contributed by atoms with Crippen LogP contribution in [0.3, 0.4) is 0 Å². The van der Waals surface area contributed by atoms with Crippen LogP contribution < -0.4 is 0 Å². The van der Waals surface area contributed by atoms with Crippen molar-refractivity contribution >= 4 is 5.97 Å². The second-order valence-corrected chi connectivity index (χ2v) is 6.59. The van der Waals surface area contributed by atoms with Crippen LogP contribution in [0.1, 0.15) is 54.6 Å². The molecule has 3 rings (SSSR count). The highest BCUT2D eigenvalue weighted by atomic mass is 16.4. The minimum atomic E-state index is -1.07. The molecular weight excluding hydrogens is 266 g/mol. The molecule has 21 heavy (non-hydrogen) atoms. The summed E-state index contributed by atoms with van der Waals surface area (Å²) in [6.07, 6.45) is 3.37. The molecule has 2 aromatic rings. The van der Waals surface area contributed by atoms with Crippen LogP contribution in [-0.4, -0.2) is 16.1 Å². The molecule has 110 valence electrons. The van der Waals surface area contributed by atoms with Gasteiger partial charge in [-0.05, 0) is 42.5 Å². The lowest BCUT2D eigenvalue weighted by Gasteiger charge is -2.14. The molecular formula is C17H19NO3. The van der Waals surface area contributed by atoms with E-state index in [0.717, 1.165) is 18.4 Å². The van der Waals surface area contributed by atoms with Crippen LogP contribution >= 0.6 is 0 Å². The van der Waals surface area contributed by atoms with Crippen molar-refractivity contribution < 1.29 is 14.3 Å². The van der Waals surface area contributed by atoms with Crippen molar-refractivity contribution in [1.29, 1.82) is 0 Å². The van der Waals surface area contributed by atoms with Crippen LogP contribution in [0.4, 0.5) is 0 Å². The van der Waals surface area contributed by atoms with E-state index in [1.54, 1.807) is 0 Å². The van der Waals surface area contributed by atoms with E-state index in [-0.39, 0.29) is 11.2 Å². The van der Waals surface area contributed by atoms with Gasteiger partial charge >= 0.3 is 5.97 Å². The number of benzene rings is 1. The fourth-order valence-electron chi connectivity index (χ4n) is 2.80. The first-order chi connectivity index (χ1) is 9.86. The molecule has 4 nitrogen and oxygen atoms in total. The Morgan fingerprint density at radius 3 is 2.57 bits per heavy atom. The number of oxazole rings is 1. The number of aromatic carboxylic acids is 1.